The van der Waals surface area contributed by atoms with Crippen molar-refractivity contribution >= 4 is 0 Å². The van der Waals surface area contributed by atoms with E-state index in [0.717, 1.165) is 17.8 Å². The largest absolute Gasteiger partial charge is 0.491 e. The molecule has 3 unspecified atom stereocenters. The summed E-state index contributed by atoms with van der Waals surface area (Å²) in [5, 5.41) is 0. The summed E-state index contributed by atoms with van der Waals surface area (Å²) in [7, 11) is 2.28. The average Bonchev–Trinajstić information content (AvgIpc) is 2.68. The second kappa shape index (κ2) is 5.98. The molecule has 2 bridgehead atoms. The highest BCUT2D eigenvalue weighted by atomic mass is 16.5. The molecule has 0 aliphatic carbocycles. The fourth-order valence-electron chi connectivity index (χ4n) is 4.12. The van der Waals surface area contributed by atoms with Crippen LogP contribution in [0.4, 0.5) is 0 Å². The van der Waals surface area contributed by atoms with Gasteiger partial charge < -0.3 is 15.4 Å². The molecule has 0 amide bonds. The van der Waals surface area contributed by atoms with E-state index in [1.54, 1.807) is 0 Å². The highest BCUT2D eigenvalue weighted by Gasteiger charge is 2.40. The van der Waals surface area contributed by atoms with Gasteiger partial charge in [0, 0.05) is 23.7 Å². The number of rotatable bonds is 4. The SMILES string of the molecule is CC(C)Oc1ccccc1C(N)C1CC2CCC(C1)N2C. The maximum Gasteiger partial charge on any atom is 0.124 e. The average molecular weight is 288 g/mol. The summed E-state index contributed by atoms with van der Waals surface area (Å²) in [4.78, 5) is 2.57. The van der Waals surface area contributed by atoms with Gasteiger partial charge in [-0.3, -0.25) is 0 Å². The van der Waals surface area contributed by atoms with Crippen LogP contribution in [0, 0.1) is 5.92 Å². The maximum atomic E-state index is 6.65. The Kier molecular flexibility index (Phi) is 4.23. The van der Waals surface area contributed by atoms with Crippen LogP contribution in [0.25, 0.3) is 0 Å². The second-order valence-electron chi connectivity index (χ2n) is 7.01. The predicted molar refractivity (Wildman–Crippen MR) is 86.4 cm³/mol. The zero-order chi connectivity index (χ0) is 15.0. The Morgan fingerprint density at radius 3 is 2.38 bits per heavy atom. The molecule has 21 heavy (non-hydrogen) atoms. The van der Waals surface area contributed by atoms with E-state index < -0.39 is 0 Å². The summed E-state index contributed by atoms with van der Waals surface area (Å²) in [6.45, 7) is 4.14. The Balaban J connectivity index is 1.78. The molecule has 3 heteroatoms. The third-order valence-corrected chi connectivity index (χ3v) is 5.28. The Morgan fingerprint density at radius 2 is 1.76 bits per heavy atom. The first kappa shape index (κ1) is 14.9. The number of nitrogens with two attached hydrogens (primary N) is 1. The summed E-state index contributed by atoms with van der Waals surface area (Å²) in [5.74, 6) is 1.54. The Hall–Kier alpha value is -1.06. The van der Waals surface area contributed by atoms with E-state index in [1.165, 1.54) is 31.2 Å². The molecule has 0 aromatic heterocycles. The number of benzene rings is 1. The van der Waals surface area contributed by atoms with Crippen molar-refractivity contribution in [2.45, 2.75) is 63.8 Å². The van der Waals surface area contributed by atoms with Gasteiger partial charge in [-0.05, 0) is 58.6 Å². The van der Waals surface area contributed by atoms with Crippen LogP contribution in [0.15, 0.2) is 24.3 Å². The number of fused-ring (bicyclic) bond motifs is 2. The van der Waals surface area contributed by atoms with Crippen molar-refractivity contribution in [1.82, 2.24) is 4.90 Å². The van der Waals surface area contributed by atoms with Crippen LogP contribution < -0.4 is 10.5 Å². The van der Waals surface area contributed by atoms with Crippen molar-refractivity contribution in [2.75, 3.05) is 7.05 Å². The molecule has 1 aromatic carbocycles. The highest BCUT2D eigenvalue weighted by Crippen LogP contribution is 2.43. The number of nitrogens with zero attached hydrogens (tertiary/aromatic N) is 1. The minimum absolute atomic E-state index is 0.0942. The van der Waals surface area contributed by atoms with Gasteiger partial charge in [-0.2, -0.15) is 0 Å². The molecule has 2 heterocycles. The smallest absolute Gasteiger partial charge is 0.124 e. The van der Waals surface area contributed by atoms with Gasteiger partial charge in [-0.1, -0.05) is 18.2 Å². The molecule has 3 atom stereocenters. The Bertz CT molecular complexity index is 474. The fraction of sp³-hybridized carbons (Fsp3) is 0.667. The lowest BCUT2D eigenvalue weighted by atomic mass is 9.82. The molecular weight excluding hydrogens is 260 g/mol. The van der Waals surface area contributed by atoms with E-state index >= 15 is 0 Å². The van der Waals surface area contributed by atoms with Crippen LogP contribution in [0.3, 0.4) is 0 Å². The minimum atomic E-state index is 0.0942. The quantitative estimate of drug-likeness (QED) is 0.923. The number of para-hydroxylation sites is 1. The lowest BCUT2D eigenvalue weighted by molar-refractivity contribution is 0.119. The lowest BCUT2D eigenvalue weighted by Crippen LogP contribution is -2.42. The van der Waals surface area contributed by atoms with Crippen molar-refractivity contribution in [3.05, 3.63) is 29.8 Å². The standard InChI is InChI=1S/C18H28N2O/c1-12(2)21-17-7-5-4-6-16(17)18(19)13-10-14-8-9-15(11-13)20(14)3/h4-7,12-15,18H,8-11,19H2,1-3H3. The summed E-state index contributed by atoms with van der Waals surface area (Å²) < 4.78 is 5.96. The number of hydrogen-bond acceptors (Lipinski definition) is 3. The third kappa shape index (κ3) is 2.95. The van der Waals surface area contributed by atoms with Crippen LogP contribution in [0.5, 0.6) is 5.75 Å². The van der Waals surface area contributed by atoms with Gasteiger partial charge in [-0.25, -0.2) is 0 Å². The molecule has 2 saturated heterocycles. The van der Waals surface area contributed by atoms with Crippen LogP contribution in [-0.4, -0.2) is 30.1 Å². The molecule has 2 aliphatic rings. The summed E-state index contributed by atoms with van der Waals surface area (Å²) in [5.41, 5.74) is 7.83. The number of ether oxygens (including phenoxy) is 1. The molecule has 0 radical (unpaired) electrons. The molecule has 2 fully saturated rings. The lowest BCUT2D eigenvalue weighted by Gasteiger charge is -2.39. The van der Waals surface area contributed by atoms with Gasteiger partial charge in [0.05, 0.1) is 6.10 Å². The second-order valence-corrected chi connectivity index (χ2v) is 7.01. The van der Waals surface area contributed by atoms with Crippen LogP contribution in [-0.2, 0) is 0 Å². The maximum absolute atomic E-state index is 6.65. The van der Waals surface area contributed by atoms with Gasteiger partial charge in [0.1, 0.15) is 5.75 Å². The molecular formula is C18H28N2O. The normalized spacial score (nSPS) is 30.6. The highest BCUT2D eigenvalue weighted by molar-refractivity contribution is 5.36. The first-order valence-electron chi connectivity index (χ1n) is 8.29. The molecule has 3 nitrogen and oxygen atoms in total. The molecule has 0 saturated carbocycles. The van der Waals surface area contributed by atoms with Crippen molar-refractivity contribution < 1.29 is 4.74 Å². The summed E-state index contributed by atoms with van der Waals surface area (Å²) in [6, 6.07) is 9.87. The van der Waals surface area contributed by atoms with Gasteiger partial charge in [0.25, 0.3) is 0 Å². The van der Waals surface area contributed by atoms with E-state index in [0.29, 0.717) is 5.92 Å². The monoisotopic (exact) mass is 288 g/mol. The molecule has 2 aliphatic heterocycles. The van der Waals surface area contributed by atoms with Crippen molar-refractivity contribution in [3.63, 3.8) is 0 Å². The molecule has 3 rings (SSSR count). The van der Waals surface area contributed by atoms with E-state index in [9.17, 15) is 0 Å². The predicted octanol–water partition coefficient (Wildman–Crippen LogP) is 3.35. The van der Waals surface area contributed by atoms with Crippen molar-refractivity contribution in [3.8, 4) is 5.75 Å². The molecule has 1 aromatic rings. The number of piperidine rings is 1. The first-order chi connectivity index (χ1) is 10.1. The molecule has 2 N–H and O–H groups in total. The minimum Gasteiger partial charge on any atom is -0.491 e. The van der Waals surface area contributed by atoms with Gasteiger partial charge in [-0.15, -0.1) is 0 Å². The van der Waals surface area contributed by atoms with Crippen LogP contribution in [0.1, 0.15) is 51.1 Å². The summed E-state index contributed by atoms with van der Waals surface area (Å²) >= 11 is 0. The van der Waals surface area contributed by atoms with Gasteiger partial charge >= 0.3 is 0 Å². The van der Waals surface area contributed by atoms with E-state index in [4.69, 9.17) is 10.5 Å². The van der Waals surface area contributed by atoms with E-state index in [2.05, 4.69) is 44.0 Å². The topological polar surface area (TPSA) is 38.5 Å². The zero-order valence-corrected chi connectivity index (χ0v) is 13.5. The summed E-state index contributed by atoms with van der Waals surface area (Å²) in [6.07, 6.45) is 5.32. The van der Waals surface area contributed by atoms with Gasteiger partial charge in [0.15, 0.2) is 0 Å². The molecule has 116 valence electrons. The Labute approximate surface area is 128 Å². The van der Waals surface area contributed by atoms with E-state index in [1.807, 2.05) is 6.07 Å². The van der Waals surface area contributed by atoms with Crippen molar-refractivity contribution in [1.29, 1.82) is 0 Å². The van der Waals surface area contributed by atoms with Gasteiger partial charge in [0.2, 0.25) is 0 Å². The number of hydrogen-bond donors (Lipinski definition) is 1. The van der Waals surface area contributed by atoms with Crippen LogP contribution >= 0.6 is 0 Å². The fourth-order valence-corrected chi connectivity index (χ4v) is 4.12. The molecule has 0 spiro atoms. The van der Waals surface area contributed by atoms with Crippen molar-refractivity contribution in [2.24, 2.45) is 11.7 Å². The third-order valence-electron chi connectivity index (χ3n) is 5.28. The van der Waals surface area contributed by atoms with E-state index in [-0.39, 0.29) is 12.1 Å². The van der Waals surface area contributed by atoms with Crippen LogP contribution in [0.2, 0.25) is 0 Å². The zero-order valence-electron chi connectivity index (χ0n) is 13.5. The Morgan fingerprint density at radius 1 is 1.14 bits per heavy atom. The first-order valence-corrected chi connectivity index (χ1v) is 8.29.